The fourth-order valence-electron chi connectivity index (χ4n) is 4.80. The maximum absolute atomic E-state index is 14.2. The Bertz CT molecular complexity index is 1440. The smallest absolute Gasteiger partial charge is 0.252 e. The second-order valence-corrected chi connectivity index (χ2v) is 9.67. The van der Waals surface area contributed by atoms with Crippen LogP contribution in [-0.2, 0) is 22.5 Å². The molecule has 4 aromatic carbocycles. The minimum atomic E-state index is -1.32. The first kappa shape index (κ1) is 27.1. The molecule has 7 heteroatoms. The number of aliphatic imine (C=N–C) groups is 1. The molecule has 2 atom stereocenters. The Labute approximate surface area is 233 Å². The van der Waals surface area contributed by atoms with Gasteiger partial charge in [-0.05, 0) is 53.1 Å². The molecule has 5 rings (SSSR count). The van der Waals surface area contributed by atoms with E-state index in [1.54, 1.807) is 12.1 Å². The second kappa shape index (κ2) is 12.6. The number of benzene rings is 4. The van der Waals surface area contributed by atoms with Gasteiger partial charge in [0.1, 0.15) is 11.6 Å². The number of ether oxygens (including phenoxy) is 2. The van der Waals surface area contributed by atoms with Gasteiger partial charge in [0, 0.05) is 31.6 Å². The highest BCUT2D eigenvalue weighted by Gasteiger charge is 2.53. The van der Waals surface area contributed by atoms with Crippen molar-refractivity contribution in [3.63, 3.8) is 0 Å². The number of carbonyl (C=O) groups is 1. The molecule has 0 unspecified atom stereocenters. The number of nitrogens with one attached hydrogen (secondary N) is 1. The molecular formula is C33H31FN2O4. The van der Waals surface area contributed by atoms with E-state index in [0.29, 0.717) is 42.2 Å². The fourth-order valence-corrected chi connectivity index (χ4v) is 4.80. The zero-order valence-electron chi connectivity index (χ0n) is 22.0. The highest BCUT2D eigenvalue weighted by Crippen LogP contribution is 2.42. The summed E-state index contributed by atoms with van der Waals surface area (Å²) in [4.78, 5) is 19.2. The number of amides is 1. The number of hydrogen-bond acceptors (Lipinski definition) is 5. The molecule has 0 saturated heterocycles. The first-order chi connectivity index (χ1) is 19.6. The van der Waals surface area contributed by atoms with E-state index >= 15 is 0 Å². The first-order valence-electron chi connectivity index (χ1n) is 13.3. The van der Waals surface area contributed by atoms with E-state index in [1.165, 1.54) is 12.1 Å². The van der Waals surface area contributed by atoms with E-state index in [4.69, 9.17) is 19.6 Å². The van der Waals surface area contributed by atoms with Crippen molar-refractivity contribution < 1.29 is 23.8 Å². The average molecular weight is 539 g/mol. The van der Waals surface area contributed by atoms with Gasteiger partial charge in [0.25, 0.3) is 5.91 Å². The molecule has 0 radical (unpaired) electrons. The molecule has 2 N–H and O–H groups in total. The van der Waals surface area contributed by atoms with Crippen LogP contribution in [-0.4, -0.2) is 35.7 Å². The van der Waals surface area contributed by atoms with Crippen LogP contribution in [0.4, 0.5) is 4.39 Å². The molecule has 1 aliphatic heterocycles. The summed E-state index contributed by atoms with van der Waals surface area (Å²) >= 11 is 0. The van der Waals surface area contributed by atoms with Crippen LogP contribution in [0.5, 0.6) is 5.75 Å². The van der Waals surface area contributed by atoms with Crippen molar-refractivity contribution in [1.82, 2.24) is 5.32 Å². The summed E-state index contributed by atoms with van der Waals surface area (Å²) in [7, 11) is 0. The van der Waals surface area contributed by atoms with Crippen molar-refractivity contribution in [3.8, 4) is 5.75 Å². The van der Waals surface area contributed by atoms with Gasteiger partial charge in [-0.3, -0.25) is 4.79 Å². The SMILES string of the molecule is O=C(NCc1cccc(F)c1)[C@]1(Cc2ccccc2)N=C(c2ccc(OCCCO)cc2)O[C@@H]1c1ccccc1. The Hall–Kier alpha value is -4.49. The van der Waals surface area contributed by atoms with E-state index in [9.17, 15) is 9.18 Å². The predicted molar refractivity (Wildman–Crippen MR) is 152 cm³/mol. The summed E-state index contributed by atoms with van der Waals surface area (Å²) in [5, 5.41) is 12.0. The van der Waals surface area contributed by atoms with Crippen LogP contribution in [0.3, 0.4) is 0 Å². The van der Waals surface area contributed by atoms with Gasteiger partial charge in [-0.25, -0.2) is 9.38 Å². The quantitative estimate of drug-likeness (QED) is 0.251. The van der Waals surface area contributed by atoms with Crippen molar-refractivity contribution in [3.05, 3.63) is 137 Å². The molecular weight excluding hydrogens is 507 g/mol. The lowest BCUT2D eigenvalue weighted by atomic mass is 9.82. The summed E-state index contributed by atoms with van der Waals surface area (Å²) in [6.45, 7) is 0.628. The van der Waals surface area contributed by atoms with Gasteiger partial charge in [-0.2, -0.15) is 0 Å². The van der Waals surface area contributed by atoms with Crippen LogP contribution < -0.4 is 10.1 Å². The lowest BCUT2D eigenvalue weighted by Gasteiger charge is -2.31. The van der Waals surface area contributed by atoms with E-state index in [0.717, 1.165) is 11.1 Å². The molecule has 0 fully saturated rings. The van der Waals surface area contributed by atoms with Gasteiger partial charge in [0.2, 0.25) is 5.90 Å². The third-order valence-corrected chi connectivity index (χ3v) is 6.79. The summed E-state index contributed by atoms with van der Waals surface area (Å²) in [6.07, 6.45) is 0.147. The van der Waals surface area contributed by atoms with E-state index in [-0.39, 0.29) is 24.9 Å². The molecule has 6 nitrogen and oxygen atoms in total. The van der Waals surface area contributed by atoms with Crippen molar-refractivity contribution in [2.75, 3.05) is 13.2 Å². The molecule has 1 aliphatic rings. The van der Waals surface area contributed by atoms with Crippen molar-refractivity contribution in [2.45, 2.75) is 31.0 Å². The molecule has 0 bridgehead atoms. The number of hydrogen-bond donors (Lipinski definition) is 2. The summed E-state index contributed by atoms with van der Waals surface area (Å²) < 4.78 is 26.0. The maximum atomic E-state index is 14.2. The van der Waals surface area contributed by atoms with Crippen LogP contribution in [0.15, 0.2) is 114 Å². The topological polar surface area (TPSA) is 80.2 Å². The van der Waals surface area contributed by atoms with Crippen LogP contribution in [0.1, 0.15) is 34.8 Å². The molecule has 0 spiro atoms. The van der Waals surface area contributed by atoms with Gasteiger partial charge < -0.3 is 19.9 Å². The Kier molecular flexibility index (Phi) is 8.52. The third-order valence-electron chi connectivity index (χ3n) is 6.79. The van der Waals surface area contributed by atoms with Crippen LogP contribution in [0, 0.1) is 5.82 Å². The zero-order valence-corrected chi connectivity index (χ0v) is 22.0. The average Bonchev–Trinajstić information content (AvgIpc) is 3.38. The monoisotopic (exact) mass is 538 g/mol. The van der Waals surface area contributed by atoms with Crippen molar-refractivity contribution in [2.24, 2.45) is 4.99 Å². The number of carbonyl (C=O) groups excluding carboxylic acids is 1. The molecule has 4 aromatic rings. The number of halogens is 1. The van der Waals surface area contributed by atoms with E-state index < -0.39 is 11.6 Å². The van der Waals surface area contributed by atoms with Crippen LogP contribution in [0.25, 0.3) is 0 Å². The Morgan fingerprint density at radius 1 is 0.925 bits per heavy atom. The minimum Gasteiger partial charge on any atom is -0.494 e. The predicted octanol–water partition coefficient (Wildman–Crippen LogP) is 5.40. The van der Waals surface area contributed by atoms with Crippen LogP contribution in [0.2, 0.25) is 0 Å². The number of rotatable bonds is 11. The van der Waals surface area contributed by atoms with Gasteiger partial charge in [0.15, 0.2) is 11.6 Å². The zero-order chi connectivity index (χ0) is 27.8. The van der Waals surface area contributed by atoms with Gasteiger partial charge >= 0.3 is 0 Å². The minimum absolute atomic E-state index is 0.0639. The highest BCUT2D eigenvalue weighted by atomic mass is 19.1. The standard InChI is InChI=1S/C33H31FN2O4/c34-28-14-7-11-25(21-28)23-35-32(38)33(22-24-9-3-1-4-10-24)30(26-12-5-2-6-13-26)40-31(36-33)27-15-17-29(18-16-27)39-20-8-19-37/h1-7,9-18,21,30,37H,8,19-20,22-23H2,(H,35,38)/t30-,33-/m1/s1. The number of aliphatic hydroxyl groups is 1. The largest absolute Gasteiger partial charge is 0.494 e. The fraction of sp³-hybridized carbons (Fsp3) is 0.212. The van der Waals surface area contributed by atoms with Gasteiger partial charge in [0.05, 0.1) is 6.61 Å². The maximum Gasteiger partial charge on any atom is 0.252 e. The lowest BCUT2D eigenvalue weighted by molar-refractivity contribution is -0.129. The first-order valence-corrected chi connectivity index (χ1v) is 13.3. The van der Waals surface area contributed by atoms with E-state index in [1.807, 2.05) is 84.9 Å². The van der Waals surface area contributed by atoms with Gasteiger partial charge in [-0.1, -0.05) is 72.8 Å². The van der Waals surface area contributed by atoms with Crippen molar-refractivity contribution in [1.29, 1.82) is 0 Å². The number of aliphatic hydroxyl groups excluding tert-OH is 1. The Balaban J connectivity index is 1.52. The van der Waals surface area contributed by atoms with Crippen molar-refractivity contribution >= 4 is 11.8 Å². The Morgan fingerprint density at radius 3 is 2.33 bits per heavy atom. The normalized spacial score (nSPS) is 18.1. The lowest BCUT2D eigenvalue weighted by Crippen LogP contribution is -2.49. The molecule has 40 heavy (non-hydrogen) atoms. The molecule has 0 aromatic heterocycles. The summed E-state index contributed by atoms with van der Waals surface area (Å²) in [5.74, 6) is 0.348. The van der Waals surface area contributed by atoms with Gasteiger partial charge in [-0.15, -0.1) is 0 Å². The van der Waals surface area contributed by atoms with Crippen LogP contribution >= 0.6 is 0 Å². The summed E-state index contributed by atoms with van der Waals surface area (Å²) in [5.41, 5.74) is 1.80. The molecule has 204 valence electrons. The highest BCUT2D eigenvalue weighted by molar-refractivity contribution is 6.01. The van der Waals surface area contributed by atoms with E-state index in [2.05, 4.69) is 5.32 Å². The molecule has 1 amide bonds. The summed E-state index contributed by atoms with van der Waals surface area (Å²) in [6, 6.07) is 32.8. The second-order valence-electron chi connectivity index (χ2n) is 9.67. The molecule has 0 aliphatic carbocycles. The molecule has 0 saturated carbocycles. The number of nitrogens with zero attached hydrogens (tertiary/aromatic N) is 1. The third kappa shape index (κ3) is 6.21. The molecule has 1 heterocycles. The Morgan fingerprint density at radius 2 is 1.62 bits per heavy atom.